The fraction of sp³-hybridized carbons (Fsp3) is 0.412. The Hall–Kier alpha value is -0.940. The van der Waals surface area contributed by atoms with Gasteiger partial charge in [0.25, 0.3) is 0 Å². The second kappa shape index (κ2) is 7.18. The summed E-state index contributed by atoms with van der Waals surface area (Å²) in [6.07, 6.45) is 3.74. The molecule has 0 saturated carbocycles. The highest BCUT2D eigenvalue weighted by atomic mass is 35.5. The van der Waals surface area contributed by atoms with E-state index in [9.17, 15) is 0 Å². The maximum atomic E-state index is 6.13. The molecule has 1 aliphatic heterocycles. The third-order valence-corrected chi connectivity index (χ3v) is 3.82. The average Bonchev–Trinajstić information content (AvgIpc) is 2.38. The zero-order chi connectivity index (χ0) is 14.5. The minimum atomic E-state index is 0.0446. The third-order valence-electron chi connectivity index (χ3n) is 3.38. The number of nitrogens with zero attached hydrogens (tertiary/aromatic N) is 1. The molecular weight excluding hydrogens is 289 g/mol. The quantitative estimate of drug-likeness (QED) is 0.687. The van der Waals surface area contributed by atoms with Gasteiger partial charge < -0.3 is 0 Å². The summed E-state index contributed by atoms with van der Waals surface area (Å²) >= 11 is 12.3. The molecule has 20 heavy (non-hydrogen) atoms. The maximum absolute atomic E-state index is 6.13. The van der Waals surface area contributed by atoms with E-state index in [4.69, 9.17) is 23.2 Å². The topological polar surface area (TPSA) is 3.24 Å². The van der Waals surface area contributed by atoms with Crippen molar-refractivity contribution >= 4 is 23.2 Å². The van der Waals surface area contributed by atoms with Gasteiger partial charge in [0.05, 0.1) is 6.04 Å². The summed E-state index contributed by atoms with van der Waals surface area (Å²) in [5.74, 6) is 6.43. The lowest BCUT2D eigenvalue weighted by atomic mass is 10.0. The normalized spacial score (nSPS) is 17.1. The summed E-state index contributed by atoms with van der Waals surface area (Å²) in [4.78, 5) is 2.40. The number of hydrogen-bond acceptors (Lipinski definition) is 1. The molecule has 0 N–H and O–H groups in total. The summed E-state index contributed by atoms with van der Waals surface area (Å²) in [5.41, 5.74) is 1.94. The number of piperidine rings is 1. The van der Waals surface area contributed by atoms with Crippen LogP contribution in [0.1, 0.15) is 37.8 Å². The number of rotatable bonds is 2. The molecule has 1 atom stereocenters. The Bertz CT molecular complexity index is 528. The molecule has 0 amide bonds. The highest BCUT2D eigenvalue weighted by Crippen LogP contribution is 2.29. The fourth-order valence-electron chi connectivity index (χ4n) is 2.49. The summed E-state index contributed by atoms with van der Waals surface area (Å²) in [6, 6.07) is 5.72. The van der Waals surface area contributed by atoms with Gasteiger partial charge in [-0.1, -0.05) is 48.0 Å². The van der Waals surface area contributed by atoms with E-state index in [1.165, 1.54) is 19.3 Å². The van der Waals surface area contributed by atoms with Crippen LogP contribution in [0.25, 0.3) is 0 Å². The fourth-order valence-corrected chi connectivity index (χ4v) is 3.03. The first-order valence-corrected chi connectivity index (χ1v) is 7.69. The summed E-state index contributed by atoms with van der Waals surface area (Å²) in [6.45, 7) is 7.92. The molecule has 2 rings (SSSR count). The van der Waals surface area contributed by atoms with E-state index in [1.54, 1.807) is 6.07 Å². The molecule has 3 heteroatoms. The van der Waals surface area contributed by atoms with Crippen LogP contribution in [0.3, 0.4) is 0 Å². The van der Waals surface area contributed by atoms with Gasteiger partial charge in [-0.2, -0.15) is 0 Å². The van der Waals surface area contributed by atoms with E-state index in [1.807, 2.05) is 19.1 Å². The van der Waals surface area contributed by atoms with Crippen LogP contribution in [-0.2, 0) is 0 Å². The highest BCUT2D eigenvalue weighted by Gasteiger charge is 2.21. The maximum Gasteiger partial charge on any atom is 0.0975 e. The van der Waals surface area contributed by atoms with Gasteiger partial charge in [0, 0.05) is 10.0 Å². The minimum absolute atomic E-state index is 0.0446. The third kappa shape index (κ3) is 4.28. The van der Waals surface area contributed by atoms with E-state index >= 15 is 0 Å². The van der Waals surface area contributed by atoms with Gasteiger partial charge in [-0.3, -0.25) is 4.90 Å². The molecule has 1 heterocycles. The number of benzene rings is 1. The predicted octanol–water partition coefficient (Wildman–Crippen LogP) is 5.10. The standard InChI is InChI=1S/C17H19Cl2N/c1-13(2)6-7-17(20-8-4-3-5-9-20)14-10-15(18)12-16(19)11-14/h10-12,17H,1,3-5,8-9H2,2H3. The smallest absolute Gasteiger partial charge is 0.0975 e. The van der Waals surface area contributed by atoms with Crippen LogP contribution in [0.5, 0.6) is 0 Å². The molecule has 0 aliphatic carbocycles. The zero-order valence-corrected chi connectivity index (χ0v) is 13.3. The monoisotopic (exact) mass is 307 g/mol. The lowest BCUT2D eigenvalue weighted by Gasteiger charge is -2.32. The lowest BCUT2D eigenvalue weighted by molar-refractivity contribution is 0.197. The van der Waals surface area contributed by atoms with Crippen LogP contribution in [-0.4, -0.2) is 18.0 Å². The van der Waals surface area contributed by atoms with Crippen molar-refractivity contribution in [3.05, 3.63) is 46.0 Å². The van der Waals surface area contributed by atoms with Crippen molar-refractivity contribution < 1.29 is 0 Å². The molecule has 1 aromatic rings. The molecule has 106 valence electrons. The van der Waals surface area contributed by atoms with Crippen molar-refractivity contribution in [3.63, 3.8) is 0 Å². The first-order valence-electron chi connectivity index (χ1n) is 6.93. The van der Waals surface area contributed by atoms with Crippen LogP contribution >= 0.6 is 23.2 Å². The molecule has 1 aliphatic rings. The summed E-state index contributed by atoms with van der Waals surface area (Å²) < 4.78 is 0. The number of hydrogen-bond donors (Lipinski definition) is 0. The van der Waals surface area contributed by atoms with Gasteiger partial charge in [-0.05, 0) is 62.2 Å². The van der Waals surface area contributed by atoms with Crippen molar-refractivity contribution in [2.45, 2.75) is 32.2 Å². The molecule has 0 bridgehead atoms. The van der Waals surface area contributed by atoms with Crippen molar-refractivity contribution in [2.24, 2.45) is 0 Å². The van der Waals surface area contributed by atoms with Crippen LogP contribution in [0, 0.1) is 11.8 Å². The molecule has 0 aromatic heterocycles. The van der Waals surface area contributed by atoms with E-state index in [0.29, 0.717) is 10.0 Å². The van der Waals surface area contributed by atoms with Gasteiger partial charge >= 0.3 is 0 Å². The summed E-state index contributed by atoms with van der Waals surface area (Å²) in [5, 5.41) is 1.32. The SMILES string of the molecule is C=C(C)C#CC(c1cc(Cl)cc(Cl)c1)N1CCCCC1. The van der Waals surface area contributed by atoms with E-state index in [2.05, 4.69) is 23.3 Å². The van der Waals surface area contributed by atoms with Crippen LogP contribution < -0.4 is 0 Å². The number of likely N-dealkylation sites (tertiary alicyclic amines) is 1. The molecule has 1 unspecified atom stereocenters. The Kier molecular flexibility index (Phi) is 5.54. The molecule has 0 spiro atoms. The molecule has 1 saturated heterocycles. The first kappa shape index (κ1) is 15.4. The van der Waals surface area contributed by atoms with Crippen LogP contribution in [0.4, 0.5) is 0 Å². The number of halogens is 2. The Morgan fingerprint density at radius 2 is 1.75 bits per heavy atom. The van der Waals surface area contributed by atoms with E-state index < -0.39 is 0 Å². The second-order valence-corrected chi connectivity index (χ2v) is 6.12. The van der Waals surface area contributed by atoms with Crippen molar-refractivity contribution in [3.8, 4) is 11.8 Å². The minimum Gasteiger partial charge on any atom is -0.286 e. The van der Waals surface area contributed by atoms with E-state index in [0.717, 1.165) is 24.2 Å². The highest BCUT2D eigenvalue weighted by molar-refractivity contribution is 6.34. The Morgan fingerprint density at radius 1 is 1.15 bits per heavy atom. The van der Waals surface area contributed by atoms with Gasteiger partial charge in [-0.25, -0.2) is 0 Å². The molecule has 1 aromatic carbocycles. The molecule has 1 nitrogen and oxygen atoms in total. The van der Waals surface area contributed by atoms with Gasteiger partial charge in [0.2, 0.25) is 0 Å². The van der Waals surface area contributed by atoms with Crippen molar-refractivity contribution in [1.29, 1.82) is 0 Å². The predicted molar refractivity (Wildman–Crippen MR) is 87.2 cm³/mol. The Morgan fingerprint density at radius 3 is 2.30 bits per heavy atom. The van der Waals surface area contributed by atoms with Gasteiger partial charge in [0.15, 0.2) is 0 Å². The largest absolute Gasteiger partial charge is 0.286 e. The average molecular weight is 308 g/mol. The van der Waals surface area contributed by atoms with Crippen molar-refractivity contribution in [2.75, 3.05) is 13.1 Å². The van der Waals surface area contributed by atoms with Crippen molar-refractivity contribution in [1.82, 2.24) is 4.90 Å². The lowest BCUT2D eigenvalue weighted by Crippen LogP contribution is -2.33. The zero-order valence-electron chi connectivity index (χ0n) is 11.8. The second-order valence-electron chi connectivity index (χ2n) is 5.25. The van der Waals surface area contributed by atoms with Gasteiger partial charge in [-0.15, -0.1) is 0 Å². The molecular formula is C17H19Cl2N. The van der Waals surface area contributed by atoms with Crippen LogP contribution in [0.2, 0.25) is 10.0 Å². The molecule has 1 fully saturated rings. The molecule has 0 radical (unpaired) electrons. The Balaban J connectivity index is 2.34. The first-order chi connectivity index (χ1) is 9.56. The number of allylic oxidation sites excluding steroid dienone is 1. The van der Waals surface area contributed by atoms with Gasteiger partial charge in [0.1, 0.15) is 0 Å². The summed E-state index contributed by atoms with van der Waals surface area (Å²) in [7, 11) is 0. The Labute approximate surface area is 131 Å². The van der Waals surface area contributed by atoms with E-state index in [-0.39, 0.29) is 6.04 Å². The van der Waals surface area contributed by atoms with Crippen LogP contribution in [0.15, 0.2) is 30.4 Å².